The van der Waals surface area contributed by atoms with Crippen molar-refractivity contribution in [2.45, 2.75) is 8.62 Å². The van der Waals surface area contributed by atoms with Crippen LogP contribution in [0.4, 0.5) is 0 Å². The summed E-state index contributed by atoms with van der Waals surface area (Å²) in [5.74, 6) is -0.460. The molecule has 0 amide bonds. The van der Waals surface area contributed by atoms with Gasteiger partial charge in [-0.2, -0.15) is 0 Å². The lowest BCUT2D eigenvalue weighted by Crippen LogP contribution is -2.26. The molecule has 12 heavy (non-hydrogen) atoms. The summed E-state index contributed by atoms with van der Waals surface area (Å²) >= 11 is 20.0. The van der Waals surface area contributed by atoms with E-state index in [2.05, 4.69) is 15.9 Å². The first-order chi connectivity index (χ1) is 5.22. The van der Waals surface area contributed by atoms with Crippen LogP contribution in [0.15, 0.2) is 0 Å². The van der Waals surface area contributed by atoms with Crippen LogP contribution in [0.25, 0.3) is 0 Å². The lowest BCUT2D eigenvalue weighted by atomic mass is 10.1. The average molecular weight is 316 g/mol. The predicted octanol–water partition coefficient (Wildman–Crippen LogP) is 2.16. The fraction of sp³-hybridized carbons (Fsp3) is 1.00. The highest BCUT2D eigenvalue weighted by molar-refractivity contribution is 9.09. The average Bonchev–Trinajstić information content (AvgIpc) is 2.03. The monoisotopic (exact) mass is 314 g/mol. The molecule has 1 heterocycles. The lowest BCUT2D eigenvalue weighted by Gasteiger charge is -2.20. The first-order valence-electron chi connectivity index (χ1n) is 3.13. The van der Waals surface area contributed by atoms with Crippen LogP contribution in [0.2, 0.25) is 0 Å². The van der Waals surface area contributed by atoms with Gasteiger partial charge in [-0.25, -0.2) is 8.42 Å². The van der Waals surface area contributed by atoms with Crippen LogP contribution in [0.5, 0.6) is 0 Å². The van der Waals surface area contributed by atoms with E-state index in [-0.39, 0.29) is 16.3 Å². The number of hydrogen-bond acceptors (Lipinski definition) is 2. The van der Waals surface area contributed by atoms with Crippen LogP contribution in [0, 0.1) is 5.92 Å². The van der Waals surface area contributed by atoms with E-state index in [0.717, 1.165) is 0 Å². The van der Waals surface area contributed by atoms with Gasteiger partial charge >= 0.3 is 0 Å². The smallest absolute Gasteiger partial charge is 0.195 e. The molecule has 0 aromatic heterocycles. The summed E-state index contributed by atoms with van der Waals surface area (Å²) in [6, 6.07) is 0. The van der Waals surface area contributed by atoms with Gasteiger partial charge in [-0.1, -0.05) is 50.7 Å². The molecule has 72 valence electrons. The zero-order chi connectivity index (χ0) is 9.57. The second-order valence-electron chi connectivity index (χ2n) is 2.74. The Morgan fingerprint density at radius 3 is 1.92 bits per heavy atom. The fourth-order valence-electron chi connectivity index (χ4n) is 1.10. The molecule has 7 heteroatoms. The van der Waals surface area contributed by atoms with E-state index < -0.39 is 19.5 Å². The number of sulfone groups is 1. The van der Waals surface area contributed by atoms with E-state index in [1.54, 1.807) is 0 Å². The highest BCUT2D eigenvalue weighted by Gasteiger charge is 2.46. The van der Waals surface area contributed by atoms with Crippen LogP contribution in [-0.2, 0) is 9.84 Å². The van der Waals surface area contributed by atoms with Gasteiger partial charge in [0.2, 0.25) is 0 Å². The summed E-state index contributed by atoms with van der Waals surface area (Å²) in [7, 11) is -3.03. The molecular weight excluding hydrogens is 310 g/mol. The molecule has 2 atom stereocenters. The SMILES string of the molecule is O=S1(=O)CC(Br)C(C(Cl)(Cl)Cl)C1. The Labute approximate surface area is 94.6 Å². The topological polar surface area (TPSA) is 34.1 Å². The van der Waals surface area contributed by atoms with Crippen LogP contribution in [0.3, 0.4) is 0 Å². The molecule has 0 aromatic carbocycles. The highest BCUT2D eigenvalue weighted by Crippen LogP contribution is 2.43. The van der Waals surface area contributed by atoms with Gasteiger partial charge < -0.3 is 0 Å². The number of hydrogen-bond donors (Lipinski definition) is 0. The predicted molar refractivity (Wildman–Crippen MR) is 55.1 cm³/mol. The third-order valence-electron chi connectivity index (χ3n) is 1.70. The van der Waals surface area contributed by atoms with Gasteiger partial charge in [0.05, 0.1) is 11.5 Å². The molecule has 0 spiro atoms. The van der Waals surface area contributed by atoms with Crippen molar-refractivity contribution in [3.63, 3.8) is 0 Å². The van der Waals surface area contributed by atoms with E-state index in [1.807, 2.05) is 0 Å². The Morgan fingerprint density at radius 2 is 1.75 bits per heavy atom. The Bertz CT molecular complexity index is 271. The maximum Gasteiger partial charge on any atom is 0.195 e. The fourth-order valence-corrected chi connectivity index (χ4v) is 6.45. The molecule has 1 fully saturated rings. The Balaban J connectivity index is 2.85. The van der Waals surface area contributed by atoms with E-state index in [1.165, 1.54) is 0 Å². The van der Waals surface area contributed by atoms with Gasteiger partial charge in [0, 0.05) is 10.7 Å². The Morgan fingerprint density at radius 1 is 1.25 bits per heavy atom. The van der Waals surface area contributed by atoms with Crippen molar-refractivity contribution in [2.75, 3.05) is 11.5 Å². The summed E-state index contributed by atoms with van der Waals surface area (Å²) in [6.07, 6.45) is 0. The minimum atomic E-state index is -3.03. The molecule has 0 saturated carbocycles. The van der Waals surface area contributed by atoms with Crippen molar-refractivity contribution >= 4 is 60.6 Å². The molecule has 1 aliphatic heterocycles. The van der Waals surface area contributed by atoms with Crippen LogP contribution in [-0.4, -0.2) is 28.5 Å². The van der Waals surface area contributed by atoms with Crippen molar-refractivity contribution in [2.24, 2.45) is 5.92 Å². The van der Waals surface area contributed by atoms with Gasteiger partial charge in [-0.3, -0.25) is 0 Å². The van der Waals surface area contributed by atoms with Gasteiger partial charge in [-0.15, -0.1) is 0 Å². The normalized spacial score (nSPS) is 35.3. The Hall–Kier alpha value is 1.30. The molecule has 0 radical (unpaired) electrons. The first-order valence-corrected chi connectivity index (χ1v) is 7.01. The summed E-state index contributed by atoms with van der Waals surface area (Å²) in [4.78, 5) is -0.255. The maximum absolute atomic E-state index is 11.1. The van der Waals surface area contributed by atoms with E-state index in [4.69, 9.17) is 34.8 Å². The summed E-state index contributed by atoms with van der Waals surface area (Å²) in [5, 5.41) is 0. The zero-order valence-corrected chi connectivity index (χ0v) is 10.5. The molecule has 0 bridgehead atoms. The molecule has 0 aromatic rings. The zero-order valence-electron chi connectivity index (χ0n) is 5.81. The van der Waals surface area contributed by atoms with Crippen molar-refractivity contribution < 1.29 is 8.42 Å². The van der Waals surface area contributed by atoms with Gasteiger partial charge in [0.25, 0.3) is 0 Å². The van der Waals surface area contributed by atoms with Crippen LogP contribution >= 0.6 is 50.7 Å². The molecule has 1 saturated heterocycles. The third-order valence-corrected chi connectivity index (χ3v) is 5.67. The quantitative estimate of drug-likeness (QED) is 0.642. The number of rotatable bonds is 0. The molecule has 2 unspecified atom stereocenters. The van der Waals surface area contributed by atoms with E-state index in [9.17, 15) is 8.42 Å². The summed E-state index contributed by atoms with van der Waals surface area (Å²) in [5.41, 5.74) is 0. The van der Waals surface area contributed by atoms with E-state index in [0.29, 0.717) is 0 Å². The largest absolute Gasteiger partial charge is 0.229 e. The molecule has 1 rings (SSSR count). The van der Waals surface area contributed by atoms with Crippen molar-refractivity contribution in [1.29, 1.82) is 0 Å². The van der Waals surface area contributed by atoms with Gasteiger partial charge in [0.1, 0.15) is 0 Å². The minimum Gasteiger partial charge on any atom is -0.229 e. The molecule has 0 N–H and O–H groups in total. The highest BCUT2D eigenvalue weighted by atomic mass is 79.9. The summed E-state index contributed by atoms with van der Waals surface area (Å²) in [6.45, 7) is 0. The molecule has 1 aliphatic rings. The van der Waals surface area contributed by atoms with Gasteiger partial charge in [0.15, 0.2) is 13.6 Å². The minimum absolute atomic E-state index is 0.0472. The van der Waals surface area contributed by atoms with Crippen LogP contribution < -0.4 is 0 Å². The molecule has 2 nitrogen and oxygen atoms in total. The first kappa shape index (κ1) is 11.4. The molecule has 0 aliphatic carbocycles. The van der Waals surface area contributed by atoms with Crippen LogP contribution in [0.1, 0.15) is 0 Å². The van der Waals surface area contributed by atoms with E-state index >= 15 is 0 Å². The second-order valence-corrected chi connectivity index (χ2v) is 8.44. The van der Waals surface area contributed by atoms with Crippen molar-refractivity contribution in [3.8, 4) is 0 Å². The maximum atomic E-state index is 11.1. The third kappa shape index (κ3) is 2.64. The van der Waals surface area contributed by atoms with Gasteiger partial charge in [-0.05, 0) is 0 Å². The van der Waals surface area contributed by atoms with Crippen molar-refractivity contribution in [1.82, 2.24) is 0 Å². The number of halogens is 4. The lowest BCUT2D eigenvalue weighted by molar-refractivity contribution is 0.594. The Kier molecular flexibility index (Phi) is 3.28. The second kappa shape index (κ2) is 3.46. The summed E-state index contributed by atoms with van der Waals surface area (Å²) < 4.78 is 20.7. The standard InChI is InChI=1S/C5H6BrCl3O2S/c6-4-2-12(10,11)1-3(4)5(7,8)9/h3-4H,1-2H2. The van der Waals surface area contributed by atoms with Crippen molar-refractivity contribution in [3.05, 3.63) is 0 Å². The molecular formula is C5H6BrCl3O2S. The number of alkyl halides is 4.